The van der Waals surface area contributed by atoms with Crippen molar-refractivity contribution in [3.63, 3.8) is 0 Å². The van der Waals surface area contributed by atoms with E-state index in [9.17, 15) is 19.2 Å². The zero-order valence-electron chi connectivity index (χ0n) is 15.4. The molecule has 0 fully saturated rings. The number of primary amides is 1. The maximum absolute atomic E-state index is 12.5. The van der Waals surface area contributed by atoms with Crippen LogP contribution in [-0.4, -0.2) is 53.5 Å². The highest BCUT2D eigenvalue weighted by atomic mass is 32.2. The Bertz CT molecular complexity index is 573. The summed E-state index contributed by atoms with van der Waals surface area (Å²) in [5.41, 5.74) is 10.6. The van der Waals surface area contributed by atoms with E-state index in [1.165, 1.54) is 13.8 Å². The summed E-state index contributed by atoms with van der Waals surface area (Å²) in [5.74, 6) is -2.51. The van der Waals surface area contributed by atoms with E-state index >= 15 is 0 Å². The van der Waals surface area contributed by atoms with Gasteiger partial charge in [-0.3, -0.25) is 19.2 Å². The minimum absolute atomic E-state index is 0.116. The fourth-order valence-electron chi connectivity index (χ4n) is 1.78. The summed E-state index contributed by atoms with van der Waals surface area (Å²) in [6.07, 6.45) is 5.18. The van der Waals surface area contributed by atoms with Crippen LogP contribution in [0, 0.1) is 17.6 Å². The Morgan fingerprint density at radius 2 is 1.58 bits per heavy atom. The number of carbonyl (C=O) groups is 4. The summed E-state index contributed by atoms with van der Waals surface area (Å²) in [5, 5.41) is 9.82. The maximum Gasteiger partial charge on any atom is 0.244 e. The molecule has 0 radical (unpaired) electrons. The zero-order valence-corrected chi connectivity index (χ0v) is 16.2. The number of amides is 4. The Morgan fingerprint density at radius 1 is 1.00 bits per heavy atom. The molecule has 0 aliphatic carbocycles. The van der Waals surface area contributed by atoms with Crippen LogP contribution in [-0.2, 0) is 19.2 Å². The predicted molar refractivity (Wildman–Crippen MR) is 100 cm³/mol. The molecule has 10 heteroatoms. The van der Waals surface area contributed by atoms with E-state index < -0.39 is 47.8 Å². The maximum atomic E-state index is 12.5. The summed E-state index contributed by atoms with van der Waals surface area (Å²) in [6.45, 7) is 6.37. The van der Waals surface area contributed by atoms with Crippen LogP contribution in [0.4, 0.5) is 0 Å². The van der Waals surface area contributed by atoms with Gasteiger partial charge in [-0.25, -0.2) is 0 Å². The molecule has 0 saturated carbocycles. The first-order valence-corrected chi connectivity index (χ1v) is 9.03. The zero-order chi connectivity index (χ0) is 20.4. The Kier molecular flexibility index (Phi) is 10.4. The fourth-order valence-corrected chi connectivity index (χ4v) is 2.28. The minimum Gasteiger partial charge on any atom is -0.368 e. The van der Waals surface area contributed by atoms with Crippen molar-refractivity contribution in [2.45, 2.75) is 51.9 Å². The van der Waals surface area contributed by atoms with Crippen molar-refractivity contribution in [1.29, 1.82) is 0 Å². The molecule has 0 heterocycles. The van der Waals surface area contributed by atoms with Gasteiger partial charge in [0.15, 0.2) is 0 Å². The number of nitrogens with one attached hydrogen (secondary N) is 3. The monoisotopic (exact) mass is 385 g/mol. The Labute approximate surface area is 157 Å². The molecule has 0 aromatic carbocycles. The summed E-state index contributed by atoms with van der Waals surface area (Å²) in [6, 6.07) is -3.57. The van der Waals surface area contributed by atoms with Crippen molar-refractivity contribution in [2.24, 2.45) is 17.4 Å². The Hall–Kier alpha value is -2.25. The molecule has 26 heavy (non-hydrogen) atoms. The predicted octanol–water partition coefficient (Wildman–Crippen LogP) is -1.73. The van der Waals surface area contributed by atoms with Gasteiger partial charge in [-0.15, -0.1) is 6.42 Å². The first-order valence-electron chi connectivity index (χ1n) is 8.04. The average Bonchev–Trinajstić information content (AvgIpc) is 2.54. The molecule has 0 spiro atoms. The molecule has 0 aromatic rings. The molecule has 0 aliphatic heterocycles. The van der Waals surface area contributed by atoms with Crippen LogP contribution in [0.25, 0.3) is 0 Å². The Balaban J connectivity index is 5.16. The summed E-state index contributed by atoms with van der Waals surface area (Å²) >= 11 is 1.01. The van der Waals surface area contributed by atoms with Crippen molar-refractivity contribution < 1.29 is 19.2 Å². The van der Waals surface area contributed by atoms with Gasteiger partial charge in [0.05, 0.1) is 6.04 Å². The molecule has 0 rings (SSSR count). The van der Waals surface area contributed by atoms with Gasteiger partial charge < -0.3 is 27.4 Å². The third-order valence-corrected chi connectivity index (χ3v) is 4.08. The standard InChI is InChI=1S/C16H27N5O4S/c1-6-26-7-11(20-14(23)9(4)17)15(24)21-12(8(2)3)16(25)19-10(5)13(18)22/h1,8-12H,7,17H2,2-5H3,(H2,18,22)(H,19,25)(H,20,23)(H,21,24)/t9-,10-,11-,12-/m0/s1. The number of hydrogen-bond acceptors (Lipinski definition) is 6. The molecule has 9 nitrogen and oxygen atoms in total. The molecule has 146 valence electrons. The molecule has 0 unspecified atom stereocenters. The van der Waals surface area contributed by atoms with Crippen LogP contribution < -0.4 is 27.4 Å². The molecule has 0 aromatic heterocycles. The summed E-state index contributed by atoms with van der Waals surface area (Å²) < 4.78 is 0. The molecular weight excluding hydrogens is 358 g/mol. The van der Waals surface area contributed by atoms with Crippen molar-refractivity contribution in [1.82, 2.24) is 16.0 Å². The van der Waals surface area contributed by atoms with E-state index in [0.717, 1.165) is 11.8 Å². The quantitative estimate of drug-likeness (QED) is 0.281. The van der Waals surface area contributed by atoms with Crippen LogP contribution in [0.1, 0.15) is 27.7 Å². The van der Waals surface area contributed by atoms with Gasteiger partial charge in [0.25, 0.3) is 0 Å². The molecule has 0 bridgehead atoms. The van der Waals surface area contributed by atoms with Gasteiger partial charge in [0.1, 0.15) is 18.1 Å². The van der Waals surface area contributed by atoms with E-state index in [2.05, 4.69) is 21.2 Å². The smallest absolute Gasteiger partial charge is 0.244 e. The lowest BCUT2D eigenvalue weighted by Crippen LogP contribution is -2.58. The second-order valence-corrected chi connectivity index (χ2v) is 7.00. The highest BCUT2D eigenvalue weighted by Crippen LogP contribution is 2.06. The topological polar surface area (TPSA) is 156 Å². The molecule has 4 atom stereocenters. The Morgan fingerprint density at radius 3 is 2.00 bits per heavy atom. The number of terminal acetylenes is 1. The van der Waals surface area contributed by atoms with Crippen LogP contribution >= 0.6 is 11.8 Å². The number of hydrogen-bond donors (Lipinski definition) is 5. The van der Waals surface area contributed by atoms with Crippen LogP contribution in [0.5, 0.6) is 0 Å². The van der Waals surface area contributed by atoms with Crippen molar-refractivity contribution in [3.8, 4) is 11.7 Å². The molecule has 4 amide bonds. The second kappa shape index (κ2) is 11.4. The van der Waals surface area contributed by atoms with Crippen LogP contribution in [0.15, 0.2) is 0 Å². The van der Waals surface area contributed by atoms with E-state index in [1.54, 1.807) is 13.8 Å². The lowest BCUT2D eigenvalue weighted by atomic mass is 10.0. The van der Waals surface area contributed by atoms with E-state index in [0.29, 0.717) is 0 Å². The summed E-state index contributed by atoms with van der Waals surface area (Å²) in [4.78, 5) is 47.7. The first kappa shape index (κ1) is 23.8. The van der Waals surface area contributed by atoms with Crippen LogP contribution in [0.3, 0.4) is 0 Å². The van der Waals surface area contributed by atoms with Crippen LogP contribution in [0.2, 0.25) is 0 Å². The fraction of sp³-hybridized carbons (Fsp3) is 0.625. The van der Waals surface area contributed by atoms with E-state index in [4.69, 9.17) is 17.9 Å². The number of thioether (sulfide) groups is 1. The largest absolute Gasteiger partial charge is 0.368 e. The second-order valence-electron chi connectivity index (χ2n) is 6.14. The van der Waals surface area contributed by atoms with E-state index in [1.807, 2.05) is 0 Å². The first-order chi connectivity index (χ1) is 12.0. The third-order valence-electron chi connectivity index (χ3n) is 3.41. The third kappa shape index (κ3) is 8.22. The molecular formula is C16H27N5O4S. The minimum atomic E-state index is -0.961. The number of rotatable bonds is 10. The van der Waals surface area contributed by atoms with E-state index in [-0.39, 0.29) is 11.7 Å². The highest BCUT2D eigenvalue weighted by molar-refractivity contribution is 8.03. The van der Waals surface area contributed by atoms with Gasteiger partial charge in [0.2, 0.25) is 23.6 Å². The molecule has 0 aliphatic rings. The summed E-state index contributed by atoms with van der Waals surface area (Å²) in [7, 11) is 0. The molecule has 0 saturated heterocycles. The van der Waals surface area contributed by atoms with Crippen molar-refractivity contribution in [2.75, 3.05) is 5.75 Å². The van der Waals surface area contributed by atoms with Gasteiger partial charge in [-0.1, -0.05) is 25.6 Å². The van der Waals surface area contributed by atoms with Gasteiger partial charge in [-0.05, 0) is 25.0 Å². The normalized spacial score (nSPS) is 15.1. The van der Waals surface area contributed by atoms with Gasteiger partial charge in [-0.2, -0.15) is 0 Å². The molecule has 7 N–H and O–H groups in total. The number of nitrogens with two attached hydrogens (primary N) is 2. The number of carbonyl (C=O) groups excluding carboxylic acids is 4. The van der Waals surface area contributed by atoms with Crippen molar-refractivity contribution in [3.05, 3.63) is 0 Å². The van der Waals surface area contributed by atoms with Gasteiger partial charge in [0, 0.05) is 5.75 Å². The SMILES string of the molecule is C#CSC[C@H](NC(=O)[C@H](C)N)C(=O)N[C@H](C(=O)N[C@@H](C)C(N)=O)C(C)C. The van der Waals surface area contributed by atoms with Crippen molar-refractivity contribution >= 4 is 35.4 Å². The average molecular weight is 385 g/mol. The highest BCUT2D eigenvalue weighted by Gasteiger charge is 2.30. The lowest BCUT2D eigenvalue weighted by Gasteiger charge is -2.26. The van der Waals surface area contributed by atoms with Gasteiger partial charge >= 0.3 is 0 Å². The lowest BCUT2D eigenvalue weighted by molar-refractivity contribution is -0.133.